The van der Waals surface area contributed by atoms with Gasteiger partial charge >= 0.3 is 0 Å². The monoisotopic (exact) mass is 407 g/mol. The third-order valence-electron chi connectivity index (χ3n) is 5.56. The smallest absolute Gasteiger partial charge is 0.282 e. The Labute approximate surface area is 166 Å². The maximum Gasteiger partial charge on any atom is 0.282 e. The molecule has 0 unspecified atom stereocenters. The number of fused-ring (bicyclic) bond motifs is 1. The Morgan fingerprint density at radius 1 is 1.34 bits per heavy atom. The van der Waals surface area contributed by atoms with E-state index in [2.05, 4.69) is 10.4 Å². The average Bonchev–Trinajstić information content (AvgIpc) is 3.41. The molecular formula is C19H23F2N5O3. The molecule has 4 heterocycles. The molecule has 156 valence electrons. The van der Waals surface area contributed by atoms with Crippen LogP contribution in [0, 0.1) is 5.92 Å². The number of amides is 2. The van der Waals surface area contributed by atoms with Gasteiger partial charge in [-0.1, -0.05) is 0 Å². The van der Waals surface area contributed by atoms with Crippen molar-refractivity contribution >= 4 is 11.8 Å². The number of rotatable bonds is 5. The molecule has 3 atom stereocenters. The topological polar surface area (TPSA) is 81.4 Å². The Kier molecular flexibility index (Phi) is 5.12. The molecule has 2 amide bonds. The quantitative estimate of drug-likeness (QED) is 0.812. The van der Waals surface area contributed by atoms with Crippen LogP contribution in [-0.2, 0) is 18.8 Å². The second kappa shape index (κ2) is 7.58. The van der Waals surface area contributed by atoms with E-state index in [-0.39, 0.29) is 29.6 Å². The van der Waals surface area contributed by atoms with Crippen LogP contribution >= 0.6 is 0 Å². The lowest BCUT2D eigenvalue weighted by Gasteiger charge is -2.19. The molecular weight excluding hydrogens is 384 g/mol. The second-order valence-corrected chi connectivity index (χ2v) is 7.62. The minimum Gasteiger partial charge on any atom is -0.371 e. The summed E-state index contributed by atoms with van der Waals surface area (Å²) in [5.74, 6) is -0.478. The molecule has 0 aromatic carbocycles. The van der Waals surface area contributed by atoms with Crippen molar-refractivity contribution in [2.24, 2.45) is 20.0 Å². The highest BCUT2D eigenvalue weighted by Gasteiger charge is 2.44. The van der Waals surface area contributed by atoms with Crippen molar-refractivity contribution in [2.75, 3.05) is 19.6 Å². The van der Waals surface area contributed by atoms with Gasteiger partial charge in [-0.15, -0.1) is 0 Å². The van der Waals surface area contributed by atoms with Gasteiger partial charge in [-0.05, 0) is 18.6 Å². The zero-order valence-corrected chi connectivity index (χ0v) is 16.2. The first kappa shape index (κ1) is 19.6. The molecule has 0 saturated carbocycles. The van der Waals surface area contributed by atoms with Crippen LogP contribution in [0.2, 0.25) is 0 Å². The Morgan fingerprint density at radius 2 is 2.14 bits per heavy atom. The van der Waals surface area contributed by atoms with Crippen molar-refractivity contribution in [2.45, 2.75) is 25.1 Å². The maximum absolute atomic E-state index is 13.1. The van der Waals surface area contributed by atoms with Gasteiger partial charge < -0.3 is 19.5 Å². The first-order chi connectivity index (χ1) is 13.8. The van der Waals surface area contributed by atoms with E-state index in [9.17, 15) is 18.4 Å². The zero-order chi connectivity index (χ0) is 20.7. The summed E-state index contributed by atoms with van der Waals surface area (Å²) in [6, 6.07) is 3.55. The third kappa shape index (κ3) is 3.76. The van der Waals surface area contributed by atoms with E-state index < -0.39 is 18.0 Å². The SMILES string of the molecule is Cn1cc(C(=O)N2C[C@H]3C[C@H](CNC(=O)c4cccn4C)O[C@H]3C2)c(C(F)F)n1. The van der Waals surface area contributed by atoms with Gasteiger partial charge in [0.2, 0.25) is 0 Å². The van der Waals surface area contributed by atoms with Gasteiger partial charge in [-0.2, -0.15) is 5.10 Å². The number of halogens is 2. The lowest BCUT2D eigenvalue weighted by molar-refractivity contribution is 0.0356. The number of aryl methyl sites for hydroxylation is 2. The van der Waals surface area contributed by atoms with E-state index in [1.165, 1.54) is 17.9 Å². The van der Waals surface area contributed by atoms with Crippen LogP contribution in [0.15, 0.2) is 24.5 Å². The molecule has 0 aliphatic carbocycles. The molecule has 0 radical (unpaired) electrons. The fourth-order valence-electron chi connectivity index (χ4n) is 4.16. The van der Waals surface area contributed by atoms with Crippen LogP contribution in [0.1, 0.15) is 39.4 Å². The largest absolute Gasteiger partial charge is 0.371 e. The number of alkyl halides is 2. The number of likely N-dealkylation sites (tertiary alicyclic amines) is 1. The van der Waals surface area contributed by atoms with Gasteiger partial charge in [0.15, 0.2) is 0 Å². The molecule has 2 aliphatic heterocycles. The second-order valence-electron chi connectivity index (χ2n) is 7.62. The highest BCUT2D eigenvalue weighted by Crippen LogP contribution is 2.34. The molecule has 2 aliphatic rings. The summed E-state index contributed by atoms with van der Waals surface area (Å²) in [4.78, 5) is 26.5. The average molecular weight is 407 g/mol. The summed E-state index contributed by atoms with van der Waals surface area (Å²) >= 11 is 0. The van der Waals surface area contributed by atoms with Crippen LogP contribution in [0.3, 0.4) is 0 Å². The van der Waals surface area contributed by atoms with Crippen LogP contribution in [0.4, 0.5) is 8.78 Å². The summed E-state index contributed by atoms with van der Waals surface area (Å²) in [7, 11) is 3.32. The predicted molar refractivity (Wildman–Crippen MR) is 98.6 cm³/mol. The molecule has 29 heavy (non-hydrogen) atoms. The van der Waals surface area contributed by atoms with Crippen molar-refractivity contribution in [3.05, 3.63) is 41.5 Å². The van der Waals surface area contributed by atoms with E-state index in [1.807, 2.05) is 0 Å². The van der Waals surface area contributed by atoms with E-state index in [4.69, 9.17) is 4.74 Å². The van der Waals surface area contributed by atoms with Gasteiger partial charge in [-0.3, -0.25) is 14.3 Å². The Bertz CT molecular complexity index is 911. The number of nitrogens with one attached hydrogen (secondary N) is 1. The minimum absolute atomic E-state index is 0.0612. The number of ether oxygens (including phenoxy) is 1. The van der Waals surface area contributed by atoms with E-state index in [0.717, 1.165) is 0 Å². The van der Waals surface area contributed by atoms with Crippen LogP contribution in [0.25, 0.3) is 0 Å². The molecule has 0 spiro atoms. The van der Waals surface area contributed by atoms with Crippen LogP contribution in [0.5, 0.6) is 0 Å². The fraction of sp³-hybridized carbons (Fsp3) is 0.526. The van der Waals surface area contributed by atoms with Gasteiger partial charge in [0, 0.05) is 52.0 Å². The lowest BCUT2D eigenvalue weighted by atomic mass is 10.0. The summed E-state index contributed by atoms with van der Waals surface area (Å²) < 4.78 is 35.3. The molecule has 8 nitrogen and oxygen atoms in total. The highest BCUT2D eigenvalue weighted by atomic mass is 19.3. The standard InChI is InChI=1S/C19H23F2N5O3/c1-24-5-3-4-14(24)18(27)22-7-12-6-11-8-26(10-15(11)29-12)19(28)13-9-25(2)23-16(13)17(20)21/h3-5,9,11-12,15,17H,6-8,10H2,1-2H3,(H,22,27)/t11-,12-,15+/m1/s1. The molecule has 10 heteroatoms. The predicted octanol–water partition coefficient (Wildman–Crippen LogP) is 1.36. The number of hydrogen-bond donors (Lipinski definition) is 1. The van der Waals surface area contributed by atoms with Gasteiger partial charge in [0.05, 0.1) is 17.8 Å². The summed E-state index contributed by atoms with van der Waals surface area (Å²) in [5.41, 5.74) is 0.0249. The summed E-state index contributed by atoms with van der Waals surface area (Å²) in [5, 5.41) is 6.58. The number of carbonyl (C=O) groups is 2. The number of nitrogens with zero attached hydrogens (tertiary/aromatic N) is 4. The number of aromatic nitrogens is 3. The molecule has 4 rings (SSSR count). The van der Waals surface area contributed by atoms with Crippen molar-refractivity contribution in [1.29, 1.82) is 0 Å². The minimum atomic E-state index is -2.80. The Hall–Kier alpha value is -2.75. The first-order valence-electron chi connectivity index (χ1n) is 9.49. The molecule has 2 fully saturated rings. The Morgan fingerprint density at radius 3 is 2.79 bits per heavy atom. The number of hydrogen-bond acceptors (Lipinski definition) is 4. The maximum atomic E-state index is 13.1. The zero-order valence-electron chi connectivity index (χ0n) is 16.2. The van der Waals surface area contributed by atoms with Crippen molar-refractivity contribution in [1.82, 2.24) is 24.6 Å². The molecule has 2 saturated heterocycles. The van der Waals surface area contributed by atoms with Gasteiger partial charge in [0.25, 0.3) is 18.2 Å². The van der Waals surface area contributed by atoms with E-state index >= 15 is 0 Å². The van der Waals surface area contributed by atoms with Crippen molar-refractivity contribution < 1.29 is 23.1 Å². The van der Waals surface area contributed by atoms with Gasteiger partial charge in [0.1, 0.15) is 11.4 Å². The molecule has 0 bridgehead atoms. The normalized spacial score (nSPS) is 23.6. The van der Waals surface area contributed by atoms with Crippen molar-refractivity contribution in [3.63, 3.8) is 0 Å². The van der Waals surface area contributed by atoms with E-state index in [1.54, 1.807) is 34.8 Å². The molecule has 2 aromatic heterocycles. The third-order valence-corrected chi connectivity index (χ3v) is 5.56. The Balaban J connectivity index is 1.32. The van der Waals surface area contributed by atoms with Crippen molar-refractivity contribution in [3.8, 4) is 0 Å². The lowest BCUT2D eigenvalue weighted by Crippen LogP contribution is -2.36. The molecule has 2 aromatic rings. The van der Waals surface area contributed by atoms with Crippen LogP contribution in [-0.4, -0.2) is 62.9 Å². The van der Waals surface area contributed by atoms with E-state index in [0.29, 0.717) is 31.7 Å². The van der Waals surface area contributed by atoms with Crippen LogP contribution < -0.4 is 5.32 Å². The fourth-order valence-corrected chi connectivity index (χ4v) is 4.16. The summed E-state index contributed by atoms with van der Waals surface area (Å²) in [6.45, 7) is 1.19. The van der Waals surface area contributed by atoms with Gasteiger partial charge in [-0.25, -0.2) is 8.78 Å². The molecule has 1 N–H and O–H groups in total. The number of carbonyl (C=O) groups excluding carboxylic acids is 2. The summed E-state index contributed by atoms with van der Waals surface area (Å²) in [6.07, 6.45) is 0.769. The first-order valence-corrected chi connectivity index (χ1v) is 9.49. The highest BCUT2D eigenvalue weighted by molar-refractivity contribution is 5.95.